The zero-order valence-corrected chi connectivity index (χ0v) is 11.3. The maximum absolute atomic E-state index is 12.2. The van der Waals surface area contributed by atoms with Crippen LogP contribution in [-0.2, 0) is 11.3 Å². The van der Waals surface area contributed by atoms with Crippen LogP contribution in [0.1, 0.15) is 18.9 Å². The van der Waals surface area contributed by atoms with Gasteiger partial charge >= 0.3 is 6.09 Å². The van der Waals surface area contributed by atoms with Crippen LogP contribution >= 0.6 is 0 Å². The summed E-state index contributed by atoms with van der Waals surface area (Å²) in [4.78, 5) is 14.1. The van der Waals surface area contributed by atoms with Gasteiger partial charge in [-0.05, 0) is 24.4 Å². The van der Waals surface area contributed by atoms with Crippen LogP contribution in [0.2, 0.25) is 0 Å². The lowest BCUT2D eigenvalue weighted by atomic mass is 9.74. The first-order valence-corrected chi connectivity index (χ1v) is 6.91. The summed E-state index contributed by atoms with van der Waals surface area (Å²) in [5.74, 6) is 0.562. The van der Waals surface area contributed by atoms with E-state index in [0.717, 1.165) is 31.6 Å². The molecule has 0 radical (unpaired) electrons. The highest BCUT2D eigenvalue weighted by molar-refractivity contribution is 5.70. The number of carbonyl (C=O) groups excluding carboxylic acids is 1. The maximum Gasteiger partial charge on any atom is 0.410 e. The van der Waals surface area contributed by atoms with Crippen molar-refractivity contribution in [2.24, 2.45) is 5.92 Å². The van der Waals surface area contributed by atoms with Gasteiger partial charge < -0.3 is 15.0 Å². The molecule has 19 heavy (non-hydrogen) atoms. The second-order valence-electron chi connectivity index (χ2n) is 5.58. The van der Waals surface area contributed by atoms with Crippen molar-refractivity contribution < 1.29 is 9.53 Å². The third-order valence-corrected chi connectivity index (χ3v) is 4.50. The van der Waals surface area contributed by atoms with Gasteiger partial charge in [-0.25, -0.2) is 4.79 Å². The number of ether oxygens (including phenoxy) is 1. The maximum atomic E-state index is 12.2. The summed E-state index contributed by atoms with van der Waals surface area (Å²) >= 11 is 0. The molecular formula is C15H20N2O2. The van der Waals surface area contributed by atoms with E-state index in [0.29, 0.717) is 12.5 Å². The molecule has 102 valence electrons. The Hall–Kier alpha value is -1.55. The number of hydrogen-bond donors (Lipinski definition) is 1. The van der Waals surface area contributed by atoms with Crippen LogP contribution in [0, 0.1) is 5.92 Å². The van der Waals surface area contributed by atoms with Crippen molar-refractivity contribution in [2.45, 2.75) is 25.5 Å². The Bertz CT molecular complexity index is 454. The number of carbonyl (C=O) groups is 1. The fourth-order valence-electron chi connectivity index (χ4n) is 3.18. The largest absolute Gasteiger partial charge is 0.445 e. The standard InChI is InChI=1S/C15H20N2O2/c1-12-9-17(15(12)7-8-16-11-15)14(18)19-10-13-5-3-2-4-6-13/h2-6,12,16H,7-11H2,1H3/t12?,15-/m0/s1. The van der Waals surface area contributed by atoms with Crippen LogP contribution in [0.25, 0.3) is 0 Å². The van der Waals surface area contributed by atoms with E-state index < -0.39 is 0 Å². The predicted octanol–water partition coefficient (Wildman–Crippen LogP) is 2.01. The van der Waals surface area contributed by atoms with E-state index in [1.807, 2.05) is 35.2 Å². The Balaban J connectivity index is 1.59. The molecule has 1 N–H and O–H groups in total. The van der Waals surface area contributed by atoms with Gasteiger partial charge in [0.15, 0.2) is 0 Å². The Morgan fingerprint density at radius 3 is 2.89 bits per heavy atom. The van der Waals surface area contributed by atoms with E-state index in [2.05, 4.69) is 12.2 Å². The Labute approximate surface area is 113 Å². The molecule has 4 nitrogen and oxygen atoms in total. The average Bonchev–Trinajstić information content (AvgIpc) is 2.96. The highest BCUT2D eigenvalue weighted by Gasteiger charge is 2.55. The summed E-state index contributed by atoms with van der Waals surface area (Å²) < 4.78 is 5.43. The second-order valence-corrected chi connectivity index (χ2v) is 5.58. The van der Waals surface area contributed by atoms with Gasteiger partial charge in [0.1, 0.15) is 6.61 Å². The second kappa shape index (κ2) is 4.85. The third kappa shape index (κ3) is 2.10. The normalized spacial score (nSPS) is 29.3. The molecule has 1 amide bonds. The van der Waals surface area contributed by atoms with Crippen molar-refractivity contribution in [3.63, 3.8) is 0 Å². The first-order valence-electron chi connectivity index (χ1n) is 6.91. The number of amides is 1. The zero-order valence-electron chi connectivity index (χ0n) is 11.3. The minimum absolute atomic E-state index is 0.00771. The van der Waals surface area contributed by atoms with E-state index in [1.54, 1.807) is 0 Å². The molecule has 2 fully saturated rings. The molecule has 0 bridgehead atoms. The zero-order chi connectivity index (χ0) is 13.3. The van der Waals surface area contributed by atoms with Gasteiger partial charge in [0, 0.05) is 13.1 Å². The van der Waals surface area contributed by atoms with Gasteiger partial charge in [-0.1, -0.05) is 37.3 Å². The molecular weight excluding hydrogens is 240 g/mol. The average molecular weight is 260 g/mol. The smallest absolute Gasteiger partial charge is 0.410 e. The molecule has 1 aromatic rings. The number of nitrogens with one attached hydrogen (secondary N) is 1. The highest BCUT2D eigenvalue weighted by atomic mass is 16.6. The molecule has 1 unspecified atom stereocenters. The van der Waals surface area contributed by atoms with Crippen LogP contribution < -0.4 is 5.32 Å². The van der Waals surface area contributed by atoms with Crippen molar-refractivity contribution in [2.75, 3.05) is 19.6 Å². The minimum atomic E-state index is -0.175. The van der Waals surface area contributed by atoms with Gasteiger partial charge in [-0.3, -0.25) is 0 Å². The summed E-state index contributed by atoms with van der Waals surface area (Å²) in [6.45, 7) is 5.28. The summed E-state index contributed by atoms with van der Waals surface area (Å²) in [6.07, 6.45) is 0.861. The quantitative estimate of drug-likeness (QED) is 0.884. The lowest BCUT2D eigenvalue weighted by molar-refractivity contribution is -0.0514. The molecule has 2 aliphatic rings. The number of rotatable bonds is 2. The Morgan fingerprint density at radius 2 is 2.26 bits per heavy atom. The summed E-state index contributed by atoms with van der Waals surface area (Å²) in [6, 6.07) is 9.81. The van der Waals surface area contributed by atoms with Crippen LogP contribution in [0.15, 0.2) is 30.3 Å². The molecule has 2 heterocycles. The van der Waals surface area contributed by atoms with Crippen molar-refractivity contribution in [3.8, 4) is 0 Å². The molecule has 3 rings (SSSR count). The van der Waals surface area contributed by atoms with E-state index in [9.17, 15) is 4.79 Å². The van der Waals surface area contributed by atoms with Gasteiger partial charge in [-0.2, -0.15) is 0 Å². The van der Waals surface area contributed by atoms with E-state index in [4.69, 9.17) is 4.74 Å². The van der Waals surface area contributed by atoms with Gasteiger partial charge in [0.25, 0.3) is 0 Å². The number of likely N-dealkylation sites (tertiary alicyclic amines) is 1. The van der Waals surface area contributed by atoms with Crippen molar-refractivity contribution >= 4 is 6.09 Å². The molecule has 2 saturated heterocycles. The fraction of sp³-hybridized carbons (Fsp3) is 0.533. The van der Waals surface area contributed by atoms with E-state index in [-0.39, 0.29) is 11.6 Å². The molecule has 1 spiro atoms. The topological polar surface area (TPSA) is 41.6 Å². The predicted molar refractivity (Wildman–Crippen MR) is 72.7 cm³/mol. The molecule has 4 heteroatoms. The Morgan fingerprint density at radius 1 is 1.47 bits per heavy atom. The van der Waals surface area contributed by atoms with Crippen molar-refractivity contribution in [1.82, 2.24) is 10.2 Å². The first kappa shape index (κ1) is 12.5. The molecule has 1 aromatic carbocycles. The lowest BCUT2D eigenvalue weighted by Crippen LogP contribution is -2.69. The highest BCUT2D eigenvalue weighted by Crippen LogP contribution is 2.41. The number of benzene rings is 1. The fourth-order valence-corrected chi connectivity index (χ4v) is 3.18. The number of hydrogen-bond acceptors (Lipinski definition) is 3. The molecule has 2 atom stereocenters. The SMILES string of the molecule is CC1CN(C(=O)OCc2ccccc2)[C@]12CCNC2. The van der Waals surface area contributed by atoms with Gasteiger partial charge in [-0.15, -0.1) is 0 Å². The molecule has 0 aliphatic carbocycles. The van der Waals surface area contributed by atoms with Crippen molar-refractivity contribution in [1.29, 1.82) is 0 Å². The summed E-state index contributed by atoms with van der Waals surface area (Å²) in [5, 5.41) is 3.35. The van der Waals surface area contributed by atoms with E-state index in [1.165, 1.54) is 0 Å². The molecule has 0 aromatic heterocycles. The summed E-state index contributed by atoms with van der Waals surface area (Å²) in [5.41, 5.74) is 1.04. The number of nitrogens with zero attached hydrogens (tertiary/aromatic N) is 1. The van der Waals surface area contributed by atoms with E-state index >= 15 is 0 Å². The summed E-state index contributed by atoms with van der Waals surface area (Å²) in [7, 11) is 0. The molecule has 0 saturated carbocycles. The third-order valence-electron chi connectivity index (χ3n) is 4.50. The van der Waals surface area contributed by atoms with Crippen LogP contribution in [0.4, 0.5) is 4.79 Å². The van der Waals surface area contributed by atoms with Crippen LogP contribution in [-0.4, -0.2) is 36.2 Å². The minimum Gasteiger partial charge on any atom is -0.445 e. The first-order chi connectivity index (χ1) is 9.22. The lowest BCUT2D eigenvalue weighted by Gasteiger charge is -2.54. The van der Waals surface area contributed by atoms with Gasteiger partial charge in [0.05, 0.1) is 5.54 Å². The van der Waals surface area contributed by atoms with Crippen LogP contribution in [0.5, 0.6) is 0 Å². The van der Waals surface area contributed by atoms with Crippen molar-refractivity contribution in [3.05, 3.63) is 35.9 Å². The molecule has 2 aliphatic heterocycles. The van der Waals surface area contributed by atoms with Gasteiger partial charge in [0.2, 0.25) is 0 Å². The van der Waals surface area contributed by atoms with Crippen LogP contribution in [0.3, 0.4) is 0 Å². The monoisotopic (exact) mass is 260 g/mol. The Kier molecular flexibility index (Phi) is 3.19.